The third kappa shape index (κ3) is 2.00. The van der Waals surface area contributed by atoms with Crippen LogP contribution in [0.5, 0.6) is 0 Å². The highest BCUT2D eigenvalue weighted by Crippen LogP contribution is 2.37. The molecular weight excluding hydrogens is 238 g/mol. The molecule has 1 amide bonds. The smallest absolute Gasteiger partial charge is 0.248 e. The van der Waals surface area contributed by atoms with Crippen LogP contribution in [-0.2, 0) is 4.79 Å². The van der Waals surface area contributed by atoms with Crippen LogP contribution in [-0.4, -0.2) is 26.0 Å². The summed E-state index contributed by atoms with van der Waals surface area (Å²) in [6.07, 6.45) is 2.48. The molecule has 1 saturated heterocycles. The number of piperidine rings is 1. The molecule has 1 aromatic rings. The fourth-order valence-electron chi connectivity index (χ4n) is 3.01. The van der Waals surface area contributed by atoms with Crippen molar-refractivity contribution < 1.29 is 4.79 Å². The van der Waals surface area contributed by atoms with Gasteiger partial charge in [-0.1, -0.05) is 13.0 Å². The van der Waals surface area contributed by atoms with Gasteiger partial charge in [0, 0.05) is 31.4 Å². The number of hydrogen-bond donors (Lipinski definition) is 1. The van der Waals surface area contributed by atoms with E-state index in [2.05, 4.69) is 24.0 Å². The Morgan fingerprint density at radius 3 is 2.63 bits per heavy atom. The molecule has 19 heavy (non-hydrogen) atoms. The molecule has 1 aromatic carbocycles. The van der Waals surface area contributed by atoms with Crippen LogP contribution in [0, 0.1) is 5.92 Å². The van der Waals surface area contributed by atoms with Gasteiger partial charge < -0.3 is 15.5 Å². The minimum Gasteiger partial charge on any atom is -0.371 e. The number of nitrogens with zero attached hydrogens (tertiary/aromatic N) is 2. The number of fused-ring (bicyclic) bond motifs is 1. The highest BCUT2D eigenvalue weighted by Gasteiger charge is 2.32. The van der Waals surface area contributed by atoms with E-state index in [4.69, 9.17) is 5.73 Å². The van der Waals surface area contributed by atoms with E-state index >= 15 is 0 Å². The maximum absolute atomic E-state index is 11.9. The number of carbonyl (C=O) groups is 1. The number of hydrogen-bond acceptors (Lipinski definition) is 3. The van der Waals surface area contributed by atoms with Gasteiger partial charge in [-0.05, 0) is 30.9 Å². The third-order valence-electron chi connectivity index (χ3n) is 4.46. The first-order valence-electron chi connectivity index (χ1n) is 7.00. The summed E-state index contributed by atoms with van der Waals surface area (Å²) in [5.74, 6) is 0.808. The van der Waals surface area contributed by atoms with Crippen LogP contribution in [0.3, 0.4) is 0 Å². The standard InChI is InChI=1S/C15H21N3O/c1-10-5-7-18(8-6-10)11-3-4-12-13(9-11)17(2)15(19)14(12)16/h3-4,9-10,14H,5-8,16H2,1-2H3. The van der Waals surface area contributed by atoms with Gasteiger partial charge in [0.15, 0.2) is 0 Å². The summed E-state index contributed by atoms with van der Waals surface area (Å²) in [6.45, 7) is 4.51. The van der Waals surface area contributed by atoms with Crippen LogP contribution in [0.1, 0.15) is 31.4 Å². The molecule has 0 saturated carbocycles. The van der Waals surface area contributed by atoms with E-state index in [1.165, 1.54) is 18.5 Å². The minimum absolute atomic E-state index is 0.0144. The fraction of sp³-hybridized carbons (Fsp3) is 0.533. The van der Waals surface area contributed by atoms with E-state index in [-0.39, 0.29) is 5.91 Å². The Morgan fingerprint density at radius 2 is 1.95 bits per heavy atom. The molecule has 2 heterocycles. The van der Waals surface area contributed by atoms with Crippen molar-refractivity contribution in [2.75, 3.05) is 29.9 Å². The maximum atomic E-state index is 11.9. The first kappa shape index (κ1) is 12.5. The predicted molar refractivity (Wildman–Crippen MR) is 77.4 cm³/mol. The van der Waals surface area contributed by atoms with Crippen molar-refractivity contribution in [3.05, 3.63) is 23.8 Å². The molecule has 102 valence electrons. The van der Waals surface area contributed by atoms with E-state index in [0.717, 1.165) is 30.3 Å². The van der Waals surface area contributed by atoms with E-state index in [9.17, 15) is 4.79 Å². The van der Waals surface area contributed by atoms with Gasteiger partial charge in [-0.25, -0.2) is 0 Å². The van der Waals surface area contributed by atoms with Gasteiger partial charge in [0.1, 0.15) is 6.04 Å². The summed E-state index contributed by atoms with van der Waals surface area (Å²) in [4.78, 5) is 16.0. The van der Waals surface area contributed by atoms with Crippen LogP contribution in [0.4, 0.5) is 11.4 Å². The van der Waals surface area contributed by atoms with Crippen LogP contribution < -0.4 is 15.5 Å². The number of nitrogens with two attached hydrogens (primary N) is 1. The Kier molecular flexibility index (Phi) is 2.97. The lowest BCUT2D eigenvalue weighted by Crippen LogP contribution is -2.32. The first-order chi connectivity index (χ1) is 9.08. The fourth-order valence-corrected chi connectivity index (χ4v) is 3.01. The second kappa shape index (κ2) is 4.53. The molecule has 2 aliphatic heterocycles. The Bertz CT molecular complexity index is 506. The Morgan fingerprint density at radius 1 is 1.26 bits per heavy atom. The normalized spacial score (nSPS) is 23.9. The molecule has 0 bridgehead atoms. The number of amides is 1. The van der Waals surface area contributed by atoms with Gasteiger partial charge in [-0.3, -0.25) is 4.79 Å². The predicted octanol–water partition coefficient (Wildman–Crippen LogP) is 1.90. The second-order valence-corrected chi connectivity index (χ2v) is 5.79. The molecule has 0 radical (unpaired) electrons. The lowest BCUT2D eigenvalue weighted by Gasteiger charge is -2.32. The zero-order chi connectivity index (χ0) is 13.6. The zero-order valence-corrected chi connectivity index (χ0v) is 11.6. The first-order valence-corrected chi connectivity index (χ1v) is 7.00. The number of carbonyl (C=O) groups excluding carboxylic acids is 1. The summed E-state index contributed by atoms with van der Waals surface area (Å²) in [7, 11) is 1.80. The third-order valence-corrected chi connectivity index (χ3v) is 4.46. The summed E-state index contributed by atoms with van der Waals surface area (Å²) in [6, 6.07) is 5.72. The zero-order valence-electron chi connectivity index (χ0n) is 11.6. The van der Waals surface area contributed by atoms with Crippen LogP contribution in [0.15, 0.2) is 18.2 Å². The van der Waals surface area contributed by atoms with Crippen LogP contribution in [0.25, 0.3) is 0 Å². The van der Waals surface area contributed by atoms with Gasteiger partial charge in [-0.15, -0.1) is 0 Å². The monoisotopic (exact) mass is 259 g/mol. The molecule has 0 aromatic heterocycles. The van der Waals surface area contributed by atoms with Crippen molar-refractivity contribution in [1.82, 2.24) is 0 Å². The topological polar surface area (TPSA) is 49.6 Å². The van der Waals surface area contributed by atoms with Crippen molar-refractivity contribution in [2.24, 2.45) is 11.7 Å². The van der Waals surface area contributed by atoms with Crippen molar-refractivity contribution in [1.29, 1.82) is 0 Å². The SMILES string of the molecule is CC1CCN(c2ccc3c(c2)N(C)C(=O)C3N)CC1. The molecule has 1 unspecified atom stereocenters. The molecule has 3 rings (SSSR count). The molecule has 2 aliphatic rings. The number of rotatable bonds is 1. The average Bonchev–Trinajstić information content (AvgIpc) is 2.64. The van der Waals surface area contributed by atoms with E-state index in [0.29, 0.717) is 0 Å². The molecule has 2 N–H and O–H groups in total. The number of anilines is 2. The second-order valence-electron chi connectivity index (χ2n) is 5.79. The summed E-state index contributed by atoms with van der Waals surface area (Å²) >= 11 is 0. The molecule has 1 atom stereocenters. The van der Waals surface area contributed by atoms with Gasteiger partial charge in [0.05, 0.1) is 5.69 Å². The van der Waals surface area contributed by atoms with E-state index in [1.807, 2.05) is 6.07 Å². The highest BCUT2D eigenvalue weighted by atomic mass is 16.2. The number of likely N-dealkylation sites (N-methyl/N-ethyl adjacent to an activating group) is 1. The summed E-state index contributed by atoms with van der Waals surface area (Å²) < 4.78 is 0. The van der Waals surface area contributed by atoms with E-state index < -0.39 is 6.04 Å². The van der Waals surface area contributed by atoms with Crippen molar-refractivity contribution >= 4 is 17.3 Å². The largest absolute Gasteiger partial charge is 0.371 e. The Hall–Kier alpha value is -1.55. The molecule has 0 spiro atoms. The summed E-state index contributed by atoms with van der Waals surface area (Å²) in [5, 5.41) is 0. The quantitative estimate of drug-likeness (QED) is 0.838. The minimum atomic E-state index is -0.490. The van der Waals surface area contributed by atoms with Crippen LogP contribution >= 0.6 is 0 Å². The average molecular weight is 259 g/mol. The van der Waals surface area contributed by atoms with Crippen molar-refractivity contribution in [3.63, 3.8) is 0 Å². The van der Waals surface area contributed by atoms with Gasteiger partial charge in [0.2, 0.25) is 5.91 Å². The lowest BCUT2D eigenvalue weighted by atomic mass is 9.98. The van der Waals surface area contributed by atoms with Gasteiger partial charge >= 0.3 is 0 Å². The number of benzene rings is 1. The summed E-state index contributed by atoms with van der Waals surface area (Å²) in [5.41, 5.74) is 9.04. The van der Waals surface area contributed by atoms with Gasteiger partial charge in [0.25, 0.3) is 0 Å². The van der Waals surface area contributed by atoms with E-state index in [1.54, 1.807) is 11.9 Å². The molecular formula is C15H21N3O. The molecule has 0 aliphatic carbocycles. The van der Waals surface area contributed by atoms with Gasteiger partial charge in [-0.2, -0.15) is 0 Å². The highest BCUT2D eigenvalue weighted by molar-refractivity contribution is 6.04. The Labute approximate surface area is 114 Å². The molecule has 4 heteroatoms. The molecule has 4 nitrogen and oxygen atoms in total. The van der Waals surface area contributed by atoms with Crippen molar-refractivity contribution in [2.45, 2.75) is 25.8 Å². The lowest BCUT2D eigenvalue weighted by molar-refractivity contribution is -0.118. The Balaban J connectivity index is 1.88. The molecule has 1 fully saturated rings. The van der Waals surface area contributed by atoms with Crippen molar-refractivity contribution in [3.8, 4) is 0 Å². The van der Waals surface area contributed by atoms with Crippen LogP contribution in [0.2, 0.25) is 0 Å². The maximum Gasteiger partial charge on any atom is 0.248 e.